The summed E-state index contributed by atoms with van der Waals surface area (Å²) in [6, 6.07) is 17.5. The standard InChI is InChI=1S/C25H25N3OS/c1-17-13-23(7-10-26-17)29-22-5-3-19-8-11-28(12-9-21(19)14-22)18(2)20-4-6-25-24(15-20)27-16-30-25/h3-7,10,13-16,18H,8-9,11-12H2,1-2H3/t18-/m0/s1. The molecule has 0 saturated heterocycles. The van der Waals surface area contributed by atoms with Gasteiger partial charge in [0.25, 0.3) is 0 Å². The second-order valence-electron chi connectivity index (χ2n) is 7.96. The zero-order valence-corrected chi connectivity index (χ0v) is 18.2. The minimum Gasteiger partial charge on any atom is -0.457 e. The summed E-state index contributed by atoms with van der Waals surface area (Å²) in [4.78, 5) is 11.3. The number of ether oxygens (including phenoxy) is 1. The number of aromatic nitrogens is 2. The third kappa shape index (κ3) is 3.95. The van der Waals surface area contributed by atoms with Crippen LogP contribution in [0.4, 0.5) is 0 Å². The SMILES string of the molecule is Cc1cc(Oc2ccc3c(c2)CCN([C@@H](C)c2ccc4scnc4c2)CC3)ccn1. The highest BCUT2D eigenvalue weighted by molar-refractivity contribution is 7.16. The molecule has 4 nitrogen and oxygen atoms in total. The number of fused-ring (bicyclic) bond motifs is 2. The van der Waals surface area contributed by atoms with Gasteiger partial charge < -0.3 is 4.74 Å². The lowest BCUT2D eigenvalue weighted by Crippen LogP contribution is -2.29. The molecule has 0 unspecified atom stereocenters. The Labute approximate surface area is 181 Å². The maximum absolute atomic E-state index is 6.08. The van der Waals surface area contributed by atoms with Crippen LogP contribution >= 0.6 is 11.3 Å². The van der Waals surface area contributed by atoms with Gasteiger partial charge in [-0.15, -0.1) is 11.3 Å². The average Bonchev–Trinajstić information content (AvgIpc) is 3.12. The van der Waals surface area contributed by atoms with E-state index in [1.165, 1.54) is 21.4 Å². The van der Waals surface area contributed by atoms with Crippen molar-refractivity contribution in [2.45, 2.75) is 32.7 Å². The molecule has 3 heterocycles. The molecule has 0 fully saturated rings. The Balaban J connectivity index is 1.31. The topological polar surface area (TPSA) is 38.2 Å². The van der Waals surface area contributed by atoms with Gasteiger partial charge in [0.15, 0.2) is 0 Å². The number of aryl methyl sites for hydroxylation is 1. The van der Waals surface area contributed by atoms with Crippen LogP contribution in [0.5, 0.6) is 11.5 Å². The molecule has 0 spiro atoms. The second-order valence-corrected chi connectivity index (χ2v) is 8.84. The number of rotatable bonds is 4. The molecule has 4 aromatic rings. The van der Waals surface area contributed by atoms with E-state index in [2.05, 4.69) is 58.2 Å². The molecule has 2 aromatic heterocycles. The van der Waals surface area contributed by atoms with Crippen LogP contribution in [0.2, 0.25) is 0 Å². The van der Waals surface area contributed by atoms with Gasteiger partial charge in [0, 0.05) is 37.1 Å². The Morgan fingerprint density at radius 3 is 2.63 bits per heavy atom. The van der Waals surface area contributed by atoms with E-state index in [4.69, 9.17) is 4.74 Å². The van der Waals surface area contributed by atoms with E-state index in [-0.39, 0.29) is 0 Å². The fraction of sp³-hybridized carbons (Fsp3) is 0.280. The van der Waals surface area contributed by atoms with E-state index < -0.39 is 0 Å². The number of hydrogen-bond acceptors (Lipinski definition) is 5. The Kier molecular flexibility index (Phi) is 5.23. The molecular formula is C25H25N3OS. The molecule has 0 saturated carbocycles. The maximum Gasteiger partial charge on any atom is 0.130 e. The molecule has 1 aliphatic heterocycles. The van der Waals surface area contributed by atoms with Crippen LogP contribution in [-0.4, -0.2) is 28.0 Å². The Bertz CT molecular complexity index is 1190. The van der Waals surface area contributed by atoms with Crippen molar-refractivity contribution < 1.29 is 4.74 Å². The molecule has 0 radical (unpaired) electrons. The quantitative estimate of drug-likeness (QED) is 0.413. The molecule has 5 rings (SSSR count). The van der Waals surface area contributed by atoms with E-state index in [9.17, 15) is 0 Å². The fourth-order valence-corrected chi connectivity index (χ4v) is 4.89. The van der Waals surface area contributed by atoms with E-state index in [1.54, 1.807) is 17.5 Å². The molecule has 0 aliphatic carbocycles. The zero-order valence-electron chi connectivity index (χ0n) is 17.3. The highest BCUT2D eigenvalue weighted by Gasteiger charge is 2.20. The van der Waals surface area contributed by atoms with E-state index in [0.29, 0.717) is 6.04 Å². The number of nitrogens with zero attached hydrogens (tertiary/aromatic N) is 3. The Morgan fingerprint density at radius 2 is 1.77 bits per heavy atom. The third-order valence-electron chi connectivity index (χ3n) is 6.00. The van der Waals surface area contributed by atoms with Crippen molar-refractivity contribution in [2.75, 3.05) is 13.1 Å². The first-order valence-electron chi connectivity index (χ1n) is 10.5. The Morgan fingerprint density at radius 1 is 0.933 bits per heavy atom. The van der Waals surface area contributed by atoms with E-state index in [0.717, 1.165) is 48.6 Å². The summed E-state index contributed by atoms with van der Waals surface area (Å²) < 4.78 is 7.34. The zero-order chi connectivity index (χ0) is 20.5. The van der Waals surface area contributed by atoms with Crippen LogP contribution in [0.3, 0.4) is 0 Å². The largest absolute Gasteiger partial charge is 0.457 e. The molecule has 0 amide bonds. The van der Waals surface area contributed by atoms with Crippen molar-refractivity contribution in [1.29, 1.82) is 0 Å². The normalized spacial score (nSPS) is 15.5. The van der Waals surface area contributed by atoms with Crippen molar-refractivity contribution in [3.63, 3.8) is 0 Å². The lowest BCUT2D eigenvalue weighted by molar-refractivity contribution is 0.221. The van der Waals surface area contributed by atoms with Crippen molar-refractivity contribution in [3.05, 3.63) is 82.6 Å². The Hall–Kier alpha value is -2.76. The van der Waals surface area contributed by atoms with Crippen LogP contribution in [0, 0.1) is 6.92 Å². The molecule has 1 aliphatic rings. The van der Waals surface area contributed by atoms with Gasteiger partial charge in [-0.3, -0.25) is 9.88 Å². The van der Waals surface area contributed by atoms with Crippen LogP contribution < -0.4 is 4.74 Å². The van der Waals surface area contributed by atoms with Crippen molar-refractivity contribution in [2.24, 2.45) is 0 Å². The summed E-state index contributed by atoms with van der Waals surface area (Å²) in [6.07, 6.45) is 3.88. The van der Waals surface area contributed by atoms with Gasteiger partial charge in [-0.1, -0.05) is 12.1 Å². The van der Waals surface area contributed by atoms with Crippen LogP contribution in [0.1, 0.15) is 35.3 Å². The second kappa shape index (κ2) is 8.17. The first-order chi connectivity index (χ1) is 14.7. The summed E-state index contributed by atoms with van der Waals surface area (Å²) in [6.45, 7) is 6.39. The minimum absolute atomic E-state index is 0.376. The van der Waals surface area contributed by atoms with E-state index >= 15 is 0 Å². The fourth-order valence-electron chi connectivity index (χ4n) is 4.23. The molecule has 5 heteroatoms. The van der Waals surface area contributed by atoms with Gasteiger partial charge >= 0.3 is 0 Å². The van der Waals surface area contributed by atoms with E-state index in [1.807, 2.05) is 24.6 Å². The van der Waals surface area contributed by atoms with Gasteiger partial charge in [0.05, 0.1) is 15.7 Å². The first kappa shape index (κ1) is 19.2. The van der Waals surface area contributed by atoms with Gasteiger partial charge in [0.2, 0.25) is 0 Å². The average molecular weight is 416 g/mol. The number of hydrogen-bond donors (Lipinski definition) is 0. The van der Waals surface area contributed by atoms with Gasteiger partial charge in [0.1, 0.15) is 11.5 Å². The predicted octanol–water partition coefficient (Wildman–Crippen LogP) is 5.95. The highest BCUT2D eigenvalue weighted by Crippen LogP contribution is 2.30. The van der Waals surface area contributed by atoms with Crippen LogP contribution in [-0.2, 0) is 12.8 Å². The van der Waals surface area contributed by atoms with Gasteiger partial charge in [-0.25, -0.2) is 4.98 Å². The number of benzene rings is 2. The lowest BCUT2D eigenvalue weighted by Gasteiger charge is -2.28. The molecule has 152 valence electrons. The van der Waals surface area contributed by atoms with Crippen molar-refractivity contribution in [1.82, 2.24) is 14.9 Å². The molecule has 0 N–H and O–H groups in total. The van der Waals surface area contributed by atoms with Crippen molar-refractivity contribution >= 4 is 21.6 Å². The predicted molar refractivity (Wildman–Crippen MR) is 123 cm³/mol. The van der Waals surface area contributed by atoms with Crippen LogP contribution in [0.15, 0.2) is 60.2 Å². The number of thiazole rings is 1. The van der Waals surface area contributed by atoms with Crippen molar-refractivity contribution in [3.8, 4) is 11.5 Å². The first-order valence-corrected chi connectivity index (χ1v) is 11.3. The smallest absolute Gasteiger partial charge is 0.130 e. The van der Waals surface area contributed by atoms with Gasteiger partial charge in [-0.05, 0) is 73.7 Å². The molecule has 1 atom stereocenters. The van der Waals surface area contributed by atoms with Gasteiger partial charge in [-0.2, -0.15) is 0 Å². The highest BCUT2D eigenvalue weighted by atomic mass is 32.1. The molecular weight excluding hydrogens is 390 g/mol. The summed E-state index contributed by atoms with van der Waals surface area (Å²) >= 11 is 1.70. The summed E-state index contributed by atoms with van der Waals surface area (Å²) in [5.74, 6) is 1.73. The maximum atomic E-state index is 6.08. The monoisotopic (exact) mass is 415 g/mol. The van der Waals surface area contributed by atoms with Crippen LogP contribution in [0.25, 0.3) is 10.2 Å². The summed E-state index contributed by atoms with van der Waals surface area (Å²) in [7, 11) is 0. The molecule has 30 heavy (non-hydrogen) atoms. The number of pyridine rings is 1. The minimum atomic E-state index is 0.376. The summed E-state index contributed by atoms with van der Waals surface area (Å²) in [5, 5.41) is 0. The molecule has 2 aromatic carbocycles. The molecule has 0 bridgehead atoms. The lowest BCUT2D eigenvalue weighted by atomic mass is 10.0. The summed E-state index contributed by atoms with van der Waals surface area (Å²) in [5.41, 5.74) is 8.16. The third-order valence-corrected chi connectivity index (χ3v) is 6.81.